The van der Waals surface area contributed by atoms with Crippen LogP contribution in [0, 0.1) is 5.92 Å². The number of ether oxygens (including phenoxy) is 1. The molecule has 3 amide bonds. The highest BCUT2D eigenvalue weighted by molar-refractivity contribution is 5.85. The molecule has 0 fully saturated rings. The summed E-state index contributed by atoms with van der Waals surface area (Å²) in [5, 5.41) is 4.99. The van der Waals surface area contributed by atoms with Crippen molar-refractivity contribution in [3.8, 4) is 0 Å². The standard InChI is InChI=1S/C16H23N3O4/c1-11(8-13-6-4-3-5-7-13)16(22)18-9-14(20)19-10-23-12(2)15(17)21/h3-7,11-12H,8-10H2,1-2H3,(H2,17,21)(H,18,22)(H,19,20)/t11-,12?/m0/s1. The minimum atomic E-state index is -0.782. The second kappa shape index (κ2) is 9.58. The molecule has 0 saturated carbocycles. The number of benzene rings is 1. The maximum Gasteiger partial charge on any atom is 0.246 e. The molecule has 1 unspecified atom stereocenters. The molecule has 0 aliphatic carbocycles. The molecule has 1 rings (SSSR count). The van der Waals surface area contributed by atoms with Crippen molar-refractivity contribution in [3.05, 3.63) is 35.9 Å². The second-order valence-corrected chi connectivity index (χ2v) is 5.26. The van der Waals surface area contributed by atoms with Gasteiger partial charge in [-0.2, -0.15) is 0 Å². The lowest BCUT2D eigenvalue weighted by molar-refractivity contribution is -0.132. The van der Waals surface area contributed by atoms with Crippen molar-refractivity contribution in [2.24, 2.45) is 11.7 Å². The van der Waals surface area contributed by atoms with E-state index in [4.69, 9.17) is 10.5 Å². The average Bonchev–Trinajstić information content (AvgIpc) is 2.53. The molecule has 0 bridgehead atoms. The van der Waals surface area contributed by atoms with Gasteiger partial charge >= 0.3 is 0 Å². The molecule has 0 spiro atoms. The van der Waals surface area contributed by atoms with Crippen LogP contribution in [0.15, 0.2) is 30.3 Å². The smallest absolute Gasteiger partial charge is 0.246 e. The Kier molecular flexibility index (Phi) is 7.76. The van der Waals surface area contributed by atoms with E-state index in [0.29, 0.717) is 6.42 Å². The van der Waals surface area contributed by atoms with Crippen LogP contribution in [-0.2, 0) is 25.5 Å². The summed E-state index contributed by atoms with van der Waals surface area (Å²) in [5.41, 5.74) is 6.08. The van der Waals surface area contributed by atoms with Gasteiger partial charge in [0.2, 0.25) is 17.7 Å². The first kappa shape index (κ1) is 18.6. The molecular formula is C16H23N3O4. The Morgan fingerprint density at radius 2 is 1.78 bits per heavy atom. The van der Waals surface area contributed by atoms with E-state index >= 15 is 0 Å². The maximum atomic E-state index is 11.9. The fourth-order valence-corrected chi connectivity index (χ4v) is 1.79. The van der Waals surface area contributed by atoms with Gasteiger partial charge in [0.1, 0.15) is 12.8 Å². The summed E-state index contributed by atoms with van der Waals surface area (Å²) >= 11 is 0. The van der Waals surface area contributed by atoms with Gasteiger partial charge in [-0.1, -0.05) is 37.3 Å². The van der Waals surface area contributed by atoms with E-state index in [-0.39, 0.29) is 25.1 Å². The third-order valence-electron chi connectivity index (χ3n) is 3.26. The number of rotatable bonds is 9. The van der Waals surface area contributed by atoms with Crippen LogP contribution in [0.1, 0.15) is 19.4 Å². The SMILES string of the molecule is CC(OCNC(=O)CNC(=O)[C@@H](C)Cc1ccccc1)C(N)=O. The van der Waals surface area contributed by atoms with Crippen molar-refractivity contribution in [2.45, 2.75) is 26.4 Å². The third-order valence-corrected chi connectivity index (χ3v) is 3.26. The van der Waals surface area contributed by atoms with Crippen LogP contribution in [0.2, 0.25) is 0 Å². The molecule has 0 heterocycles. The molecule has 0 radical (unpaired) electrons. The van der Waals surface area contributed by atoms with Crippen molar-refractivity contribution in [1.29, 1.82) is 0 Å². The molecule has 0 aromatic heterocycles. The largest absolute Gasteiger partial charge is 0.367 e. The van der Waals surface area contributed by atoms with Gasteiger partial charge in [-0.15, -0.1) is 0 Å². The zero-order chi connectivity index (χ0) is 17.2. The van der Waals surface area contributed by atoms with E-state index in [9.17, 15) is 14.4 Å². The number of primary amides is 1. The van der Waals surface area contributed by atoms with Gasteiger partial charge in [-0.05, 0) is 18.9 Å². The van der Waals surface area contributed by atoms with Gasteiger partial charge in [0, 0.05) is 5.92 Å². The van der Waals surface area contributed by atoms with E-state index < -0.39 is 17.9 Å². The lowest BCUT2D eigenvalue weighted by Crippen LogP contribution is -2.41. The van der Waals surface area contributed by atoms with Crippen molar-refractivity contribution in [3.63, 3.8) is 0 Å². The Morgan fingerprint density at radius 3 is 2.39 bits per heavy atom. The summed E-state index contributed by atoms with van der Waals surface area (Å²) in [6, 6.07) is 9.65. The number of hydrogen-bond donors (Lipinski definition) is 3. The predicted molar refractivity (Wildman–Crippen MR) is 85.1 cm³/mol. The minimum absolute atomic E-state index is 0.140. The van der Waals surface area contributed by atoms with Crippen LogP contribution >= 0.6 is 0 Å². The summed E-state index contributed by atoms with van der Waals surface area (Å²) < 4.78 is 4.99. The fraction of sp³-hybridized carbons (Fsp3) is 0.438. The molecule has 2 atom stereocenters. The molecule has 7 nitrogen and oxygen atoms in total. The number of amides is 3. The second-order valence-electron chi connectivity index (χ2n) is 5.26. The van der Waals surface area contributed by atoms with Gasteiger partial charge in [0.25, 0.3) is 0 Å². The third kappa shape index (κ3) is 7.42. The maximum absolute atomic E-state index is 11.9. The number of carbonyl (C=O) groups excluding carboxylic acids is 3. The van der Waals surface area contributed by atoms with Crippen LogP contribution < -0.4 is 16.4 Å². The van der Waals surface area contributed by atoms with Crippen LogP contribution in [0.3, 0.4) is 0 Å². The first-order valence-corrected chi connectivity index (χ1v) is 7.39. The number of nitrogens with two attached hydrogens (primary N) is 1. The summed E-state index contributed by atoms with van der Waals surface area (Å²) in [5.74, 6) is -1.45. The molecular weight excluding hydrogens is 298 g/mol. The van der Waals surface area contributed by atoms with Crippen molar-refractivity contribution >= 4 is 17.7 Å². The quantitative estimate of drug-likeness (QED) is 0.554. The number of nitrogens with one attached hydrogen (secondary N) is 2. The topological polar surface area (TPSA) is 111 Å². The van der Waals surface area contributed by atoms with E-state index in [1.165, 1.54) is 6.92 Å². The zero-order valence-corrected chi connectivity index (χ0v) is 13.4. The van der Waals surface area contributed by atoms with Gasteiger partial charge in [-0.3, -0.25) is 14.4 Å². The Bertz CT molecular complexity index is 533. The molecule has 1 aromatic carbocycles. The van der Waals surface area contributed by atoms with Crippen LogP contribution in [-0.4, -0.2) is 37.1 Å². The minimum Gasteiger partial charge on any atom is -0.367 e. The molecule has 1 aromatic rings. The predicted octanol–water partition coefficient (Wildman–Crippen LogP) is -0.0545. The lowest BCUT2D eigenvalue weighted by Gasteiger charge is -2.13. The van der Waals surface area contributed by atoms with Crippen molar-refractivity contribution < 1.29 is 19.1 Å². The summed E-state index contributed by atoms with van der Waals surface area (Å²) in [7, 11) is 0. The van der Waals surface area contributed by atoms with Crippen LogP contribution in [0.4, 0.5) is 0 Å². The lowest BCUT2D eigenvalue weighted by atomic mass is 10.0. The Labute approximate surface area is 135 Å². The first-order valence-electron chi connectivity index (χ1n) is 7.39. The molecule has 0 saturated heterocycles. The molecule has 0 aliphatic rings. The van der Waals surface area contributed by atoms with Crippen molar-refractivity contribution in [1.82, 2.24) is 10.6 Å². The Hall–Kier alpha value is -2.41. The molecule has 126 valence electrons. The highest BCUT2D eigenvalue weighted by atomic mass is 16.5. The molecule has 4 N–H and O–H groups in total. The normalized spacial score (nSPS) is 13.0. The molecule has 0 aliphatic heterocycles. The van der Waals surface area contributed by atoms with Gasteiger partial charge < -0.3 is 21.1 Å². The fourth-order valence-electron chi connectivity index (χ4n) is 1.79. The first-order chi connectivity index (χ1) is 10.9. The average molecular weight is 321 g/mol. The summed E-state index contributed by atoms with van der Waals surface area (Å²) in [6.45, 7) is 3.00. The highest BCUT2D eigenvalue weighted by Gasteiger charge is 2.14. The molecule has 7 heteroatoms. The van der Waals surface area contributed by atoms with E-state index in [2.05, 4.69) is 10.6 Å². The highest BCUT2D eigenvalue weighted by Crippen LogP contribution is 2.07. The van der Waals surface area contributed by atoms with Gasteiger partial charge in [-0.25, -0.2) is 0 Å². The van der Waals surface area contributed by atoms with E-state index in [0.717, 1.165) is 5.56 Å². The van der Waals surface area contributed by atoms with E-state index in [1.807, 2.05) is 30.3 Å². The van der Waals surface area contributed by atoms with Crippen LogP contribution in [0.5, 0.6) is 0 Å². The summed E-state index contributed by atoms with van der Waals surface area (Å²) in [6.07, 6.45) is -0.177. The number of hydrogen-bond acceptors (Lipinski definition) is 4. The van der Waals surface area contributed by atoms with Crippen LogP contribution in [0.25, 0.3) is 0 Å². The Morgan fingerprint density at radius 1 is 1.13 bits per heavy atom. The Balaban J connectivity index is 2.24. The summed E-state index contributed by atoms with van der Waals surface area (Å²) in [4.78, 5) is 34.2. The number of carbonyl (C=O) groups is 3. The molecule has 23 heavy (non-hydrogen) atoms. The monoisotopic (exact) mass is 321 g/mol. The van der Waals surface area contributed by atoms with Crippen molar-refractivity contribution in [2.75, 3.05) is 13.3 Å². The van der Waals surface area contributed by atoms with E-state index in [1.54, 1.807) is 6.92 Å². The van der Waals surface area contributed by atoms with Gasteiger partial charge in [0.15, 0.2) is 0 Å². The van der Waals surface area contributed by atoms with Gasteiger partial charge in [0.05, 0.1) is 6.54 Å². The zero-order valence-electron chi connectivity index (χ0n) is 13.4.